The number of hydrogen-bond acceptors (Lipinski definition) is 2. The minimum atomic E-state index is -0.251. The van der Waals surface area contributed by atoms with E-state index in [0.717, 1.165) is 60.6 Å². The number of nitrogens with zero attached hydrogens (tertiary/aromatic N) is 3. The van der Waals surface area contributed by atoms with Crippen LogP contribution in [0.15, 0.2) is 79.1 Å². The van der Waals surface area contributed by atoms with Gasteiger partial charge >= 0.3 is 0 Å². The maximum Gasteiger partial charge on any atom is 0.185 e. The molecular formula is C31H32FN3. The second kappa shape index (κ2) is 12.7. The second-order valence-electron chi connectivity index (χ2n) is 8.76. The quantitative estimate of drug-likeness (QED) is 0.177. The van der Waals surface area contributed by atoms with Crippen molar-refractivity contribution in [2.75, 3.05) is 0 Å². The van der Waals surface area contributed by atoms with Crippen molar-refractivity contribution in [1.82, 2.24) is 14.5 Å². The molecule has 0 aliphatic heterocycles. The Balaban J connectivity index is 1.58. The third kappa shape index (κ3) is 6.90. The van der Waals surface area contributed by atoms with E-state index in [4.69, 9.17) is 0 Å². The predicted octanol–water partition coefficient (Wildman–Crippen LogP) is 7.71. The second-order valence-corrected chi connectivity index (χ2v) is 8.76. The molecule has 4 rings (SSSR count). The first kappa shape index (κ1) is 24.4. The van der Waals surface area contributed by atoms with E-state index in [1.54, 1.807) is 18.3 Å². The third-order valence-corrected chi connectivity index (χ3v) is 6.10. The van der Waals surface area contributed by atoms with Crippen LogP contribution in [0.1, 0.15) is 56.8 Å². The van der Waals surface area contributed by atoms with Crippen LogP contribution in [0.3, 0.4) is 0 Å². The molecule has 0 aliphatic rings. The molecule has 0 N–H and O–H groups in total. The molecule has 0 bridgehead atoms. The Morgan fingerprint density at radius 1 is 0.857 bits per heavy atom. The van der Waals surface area contributed by atoms with Crippen molar-refractivity contribution in [3.8, 4) is 34.4 Å². The van der Waals surface area contributed by atoms with Gasteiger partial charge < -0.3 is 4.57 Å². The highest BCUT2D eigenvalue weighted by molar-refractivity contribution is 5.68. The minimum Gasteiger partial charge on any atom is -0.317 e. The largest absolute Gasteiger partial charge is 0.317 e. The monoisotopic (exact) mass is 465 g/mol. The first-order valence-corrected chi connectivity index (χ1v) is 12.6. The molecule has 0 atom stereocenters. The van der Waals surface area contributed by atoms with Gasteiger partial charge in [0, 0.05) is 30.3 Å². The average Bonchev–Trinajstić information content (AvgIpc) is 3.30. The SMILES string of the molecule is CCCCCCC#Cc1ncc(-c2ccnc(-c3ccc(F)cc3)c2)n1CCCc1ccccc1. The molecule has 0 spiro atoms. The molecule has 35 heavy (non-hydrogen) atoms. The summed E-state index contributed by atoms with van der Waals surface area (Å²) < 4.78 is 15.6. The summed E-state index contributed by atoms with van der Waals surface area (Å²) in [6.45, 7) is 3.05. The Morgan fingerprint density at radius 2 is 1.69 bits per heavy atom. The topological polar surface area (TPSA) is 30.7 Å². The fraction of sp³-hybridized carbons (Fsp3) is 0.290. The van der Waals surface area contributed by atoms with E-state index in [2.05, 4.69) is 57.6 Å². The van der Waals surface area contributed by atoms with Gasteiger partial charge in [-0.15, -0.1) is 0 Å². The van der Waals surface area contributed by atoms with Crippen LogP contribution in [0.4, 0.5) is 4.39 Å². The van der Waals surface area contributed by atoms with E-state index in [0.29, 0.717) is 0 Å². The highest BCUT2D eigenvalue weighted by Gasteiger charge is 2.12. The Morgan fingerprint density at radius 3 is 2.49 bits per heavy atom. The van der Waals surface area contributed by atoms with E-state index in [1.165, 1.54) is 37.0 Å². The minimum absolute atomic E-state index is 0.251. The van der Waals surface area contributed by atoms with E-state index < -0.39 is 0 Å². The number of benzene rings is 2. The number of aryl methyl sites for hydroxylation is 1. The molecule has 0 aliphatic carbocycles. The van der Waals surface area contributed by atoms with Crippen LogP contribution in [0, 0.1) is 17.7 Å². The number of imidazole rings is 1. The van der Waals surface area contributed by atoms with Gasteiger partial charge in [-0.1, -0.05) is 62.4 Å². The Kier molecular flexibility index (Phi) is 8.84. The van der Waals surface area contributed by atoms with Gasteiger partial charge in [0.2, 0.25) is 0 Å². The van der Waals surface area contributed by atoms with Gasteiger partial charge in [0.25, 0.3) is 0 Å². The lowest BCUT2D eigenvalue weighted by Gasteiger charge is -2.11. The molecule has 0 saturated heterocycles. The standard InChI is InChI=1S/C31H32FN3/c1-2-3-4-5-6-10-15-31-34-24-30(35(31)22-11-14-25-12-8-7-9-13-25)27-20-21-33-29(23-27)26-16-18-28(32)19-17-26/h7-9,12-13,16-21,23-24H,2-6,11,14,22H2,1H3. The Labute approximate surface area is 208 Å². The lowest BCUT2D eigenvalue weighted by molar-refractivity contribution is 0.628. The molecule has 0 unspecified atom stereocenters. The molecule has 3 nitrogen and oxygen atoms in total. The number of hydrogen-bond donors (Lipinski definition) is 0. The molecule has 2 aromatic carbocycles. The molecule has 2 heterocycles. The van der Waals surface area contributed by atoms with Gasteiger partial charge in [-0.25, -0.2) is 9.37 Å². The van der Waals surface area contributed by atoms with Crippen LogP contribution in [0.2, 0.25) is 0 Å². The van der Waals surface area contributed by atoms with Gasteiger partial charge in [0.15, 0.2) is 5.82 Å². The first-order valence-electron chi connectivity index (χ1n) is 12.6. The zero-order valence-corrected chi connectivity index (χ0v) is 20.4. The van der Waals surface area contributed by atoms with Crippen molar-refractivity contribution in [3.63, 3.8) is 0 Å². The van der Waals surface area contributed by atoms with Gasteiger partial charge in [0.05, 0.1) is 17.6 Å². The van der Waals surface area contributed by atoms with Crippen LogP contribution in [0.25, 0.3) is 22.5 Å². The number of rotatable bonds is 10. The highest BCUT2D eigenvalue weighted by atomic mass is 19.1. The summed E-state index contributed by atoms with van der Waals surface area (Å²) in [4.78, 5) is 9.19. The lowest BCUT2D eigenvalue weighted by atomic mass is 10.1. The molecule has 178 valence electrons. The summed E-state index contributed by atoms with van der Waals surface area (Å²) in [6, 6.07) is 21.0. The smallest absolute Gasteiger partial charge is 0.185 e. The zero-order valence-electron chi connectivity index (χ0n) is 20.4. The van der Waals surface area contributed by atoms with Crippen LogP contribution in [-0.2, 0) is 13.0 Å². The van der Waals surface area contributed by atoms with Crippen molar-refractivity contribution in [1.29, 1.82) is 0 Å². The fourth-order valence-electron chi connectivity index (χ4n) is 4.17. The van der Waals surface area contributed by atoms with Crippen molar-refractivity contribution < 1.29 is 4.39 Å². The summed E-state index contributed by atoms with van der Waals surface area (Å²) in [5, 5.41) is 0. The first-order chi connectivity index (χ1) is 17.2. The molecule has 0 amide bonds. The maximum atomic E-state index is 13.4. The molecule has 2 aromatic heterocycles. The van der Waals surface area contributed by atoms with Crippen LogP contribution in [0.5, 0.6) is 0 Å². The molecular weight excluding hydrogens is 433 g/mol. The summed E-state index contributed by atoms with van der Waals surface area (Å²) in [5.41, 5.74) is 5.08. The summed E-state index contributed by atoms with van der Waals surface area (Å²) in [6.07, 6.45) is 11.5. The van der Waals surface area contributed by atoms with Gasteiger partial charge in [0.1, 0.15) is 5.82 Å². The Hall–Kier alpha value is -3.71. The molecule has 0 saturated carbocycles. The van der Waals surface area contributed by atoms with E-state index in [9.17, 15) is 4.39 Å². The van der Waals surface area contributed by atoms with Crippen molar-refractivity contribution >= 4 is 0 Å². The van der Waals surface area contributed by atoms with E-state index in [1.807, 2.05) is 24.4 Å². The van der Waals surface area contributed by atoms with Crippen LogP contribution < -0.4 is 0 Å². The molecule has 4 heteroatoms. The van der Waals surface area contributed by atoms with E-state index >= 15 is 0 Å². The maximum absolute atomic E-state index is 13.4. The highest BCUT2D eigenvalue weighted by Crippen LogP contribution is 2.26. The van der Waals surface area contributed by atoms with Crippen molar-refractivity contribution in [2.24, 2.45) is 0 Å². The predicted molar refractivity (Wildman–Crippen MR) is 141 cm³/mol. The normalized spacial score (nSPS) is 10.7. The lowest BCUT2D eigenvalue weighted by Crippen LogP contribution is -2.05. The van der Waals surface area contributed by atoms with Crippen LogP contribution in [-0.4, -0.2) is 14.5 Å². The molecule has 4 aromatic rings. The molecule has 0 radical (unpaired) electrons. The van der Waals surface area contributed by atoms with Gasteiger partial charge in [-0.3, -0.25) is 4.98 Å². The number of halogens is 1. The van der Waals surface area contributed by atoms with Crippen molar-refractivity contribution in [2.45, 2.75) is 58.4 Å². The van der Waals surface area contributed by atoms with Gasteiger partial charge in [-0.05, 0) is 67.1 Å². The van der Waals surface area contributed by atoms with Crippen molar-refractivity contribution in [3.05, 3.63) is 96.3 Å². The average molecular weight is 466 g/mol. The number of pyridine rings is 1. The zero-order chi connectivity index (χ0) is 24.3. The molecule has 0 fully saturated rings. The summed E-state index contributed by atoms with van der Waals surface area (Å²) in [7, 11) is 0. The van der Waals surface area contributed by atoms with E-state index in [-0.39, 0.29) is 5.82 Å². The number of unbranched alkanes of at least 4 members (excludes halogenated alkanes) is 4. The van der Waals surface area contributed by atoms with Gasteiger partial charge in [-0.2, -0.15) is 0 Å². The third-order valence-electron chi connectivity index (χ3n) is 6.10. The summed E-state index contributed by atoms with van der Waals surface area (Å²) >= 11 is 0. The Bertz CT molecular complexity index is 1260. The fourth-order valence-corrected chi connectivity index (χ4v) is 4.17. The summed E-state index contributed by atoms with van der Waals surface area (Å²) in [5.74, 6) is 7.22. The van der Waals surface area contributed by atoms with Crippen LogP contribution >= 0.6 is 0 Å². The number of aromatic nitrogens is 3.